The van der Waals surface area contributed by atoms with E-state index in [1.807, 2.05) is 55.4 Å². The van der Waals surface area contributed by atoms with Crippen LogP contribution in [0.2, 0.25) is 0 Å². The molecule has 0 radical (unpaired) electrons. The fourth-order valence-electron chi connectivity index (χ4n) is 9.89. The van der Waals surface area contributed by atoms with Crippen molar-refractivity contribution in [2.45, 2.75) is 159 Å². The Balaban J connectivity index is 1.53. The number of carboxylic acid groups (broad SMARTS) is 2. The average Bonchev–Trinajstić information content (AvgIpc) is 3.22. The zero-order chi connectivity index (χ0) is 37.9. The summed E-state index contributed by atoms with van der Waals surface area (Å²) in [5, 5.41) is 59.1. The number of urea groups is 2. The number of aliphatic hydroxyl groups is 2. The van der Waals surface area contributed by atoms with E-state index in [4.69, 9.17) is 0 Å². The molecule has 4 fully saturated rings. The number of aliphatic hydroxyl groups excluding tert-OH is 2. The third kappa shape index (κ3) is 8.24. The van der Waals surface area contributed by atoms with Gasteiger partial charge >= 0.3 is 12.1 Å². The van der Waals surface area contributed by atoms with Crippen molar-refractivity contribution >= 4 is 35.8 Å². The first-order valence-electron chi connectivity index (χ1n) is 17.3. The van der Waals surface area contributed by atoms with Crippen LogP contribution in [0.4, 0.5) is 9.59 Å². The number of hydrogen-bond acceptors (Lipinski definition) is 12. The van der Waals surface area contributed by atoms with Gasteiger partial charge in [-0.2, -0.15) is 0 Å². The standard InChI is InChI=1S/C34H56N6O10/c1-28(2)16-33(17-29(3,4)37-28)23(45)39(26(49)35-33)14-20(41)12-32(25(47)48,11-9-10-22(43)44)13-21(42)15-40-24(46)34(36-27(40)50)18-30(5,6)38-31(7,8)19-34/h20-21,37-38,41-42H,9-19H2,1-8H3,(H,35,49)(H,36,50)(H,43,44)(H,47,48)/p-2. The molecule has 4 saturated heterocycles. The van der Waals surface area contributed by atoms with Crippen LogP contribution in [0.25, 0.3) is 0 Å². The van der Waals surface area contributed by atoms with Gasteiger partial charge in [-0.1, -0.05) is 0 Å². The van der Waals surface area contributed by atoms with Gasteiger partial charge < -0.3 is 51.3 Å². The molecule has 6 N–H and O–H groups in total. The van der Waals surface area contributed by atoms with Gasteiger partial charge in [0.15, 0.2) is 0 Å². The Hall–Kier alpha value is -3.34. The zero-order valence-electron chi connectivity index (χ0n) is 30.5. The van der Waals surface area contributed by atoms with Crippen LogP contribution in [0.15, 0.2) is 0 Å². The molecule has 0 aromatic rings. The fraction of sp³-hybridized carbons (Fsp3) is 0.824. The van der Waals surface area contributed by atoms with E-state index in [1.165, 1.54) is 0 Å². The highest BCUT2D eigenvalue weighted by atomic mass is 16.4. The Morgan fingerprint density at radius 3 is 1.34 bits per heavy atom. The van der Waals surface area contributed by atoms with Gasteiger partial charge in [0, 0.05) is 39.5 Å². The first-order valence-corrected chi connectivity index (χ1v) is 17.3. The van der Waals surface area contributed by atoms with Crippen LogP contribution in [-0.4, -0.2) is 114 Å². The first kappa shape index (κ1) is 39.4. The number of hydrogen-bond donors (Lipinski definition) is 6. The number of carbonyl (C=O) groups is 6. The number of piperidine rings is 2. The molecule has 0 aliphatic carbocycles. The molecule has 2 spiro atoms. The molecule has 50 heavy (non-hydrogen) atoms. The van der Waals surface area contributed by atoms with Gasteiger partial charge in [-0.25, -0.2) is 9.59 Å². The summed E-state index contributed by atoms with van der Waals surface area (Å²) < 4.78 is 0. The number of amides is 6. The highest BCUT2D eigenvalue weighted by Crippen LogP contribution is 2.42. The molecule has 4 heterocycles. The highest BCUT2D eigenvalue weighted by molar-refractivity contribution is 6.08. The maximum atomic E-state index is 13.8. The number of nitrogens with one attached hydrogen (secondary N) is 4. The molecule has 4 rings (SSSR count). The second-order valence-electron chi connectivity index (χ2n) is 17.9. The minimum absolute atomic E-state index is 0.220. The summed E-state index contributed by atoms with van der Waals surface area (Å²) >= 11 is 0. The summed E-state index contributed by atoms with van der Waals surface area (Å²) in [6.07, 6.45) is -4.52. The van der Waals surface area contributed by atoms with Crippen LogP contribution in [0.1, 0.15) is 113 Å². The van der Waals surface area contributed by atoms with Crippen molar-refractivity contribution in [2.24, 2.45) is 5.41 Å². The van der Waals surface area contributed by atoms with Crippen LogP contribution >= 0.6 is 0 Å². The van der Waals surface area contributed by atoms with Crippen LogP contribution < -0.4 is 31.5 Å². The summed E-state index contributed by atoms with van der Waals surface area (Å²) in [5.41, 5.74) is -6.65. The SMILES string of the molecule is CC1(C)CC2(CC(C)(C)N1)NC(=O)N(CC(O)CC(CCCC(=O)[O-])(CC(O)CN1C(=O)NC3(CC(C)(C)NC(C)(C)C3)C1=O)C(=O)[O-])C2=O. The molecule has 0 aromatic carbocycles. The maximum absolute atomic E-state index is 13.8. The number of β-amino-alcohol motifs (C(OH)–C–C–N with tert-alkyl or cyclic N) is 2. The predicted octanol–water partition coefficient (Wildman–Crippen LogP) is -1.39. The molecule has 16 nitrogen and oxygen atoms in total. The van der Waals surface area contributed by atoms with Gasteiger partial charge in [-0.3, -0.25) is 19.4 Å². The Morgan fingerprint density at radius 1 is 0.700 bits per heavy atom. The lowest BCUT2D eigenvalue weighted by Gasteiger charge is -2.50. The molecular formula is C34H54N6O10-2. The van der Waals surface area contributed by atoms with Crippen LogP contribution in [0.3, 0.4) is 0 Å². The average molecular weight is 707 g/mol. The number of aliphatic carboxylic acids is 2. The quantitative estimate of drug-likeness (QED) is 0.121. The number of nitrogens with zero attached hydrogens (tertiary/aromatic N) is 2. The molecular weight excluding hydrogens is 652 g/mol. The van der Waals surface area contributed by atoms with Crippen molar-refractivity contribution in [1.82, 2.24) is 31.1 Å². The largest absolute Gasteiger partial charge is 0.550 e. The van der Waals surface area contributed by atoms with Gasteiger partial charge in [0.2, 0.25) is 0 Å². The predicted molar refractivity (Wildman–Crippen MR) is 175 cm³/mol. The molecule has 2 unspecified atom stereocenters. The minimum Gasteiger partial charge on any atom is -0.550 e. The topological polar surface area (TPSA) is 244 Å². The first-order chi connectivity index (χ1) is 22.7. The van der Waals surface area contributed by atoms with Crippen molar-refractivity contribution in [3.63, 3.8) is 0 Å². The third-order valence-electron chi connectivity index (χ3n) is 10.3. The Morgan fingerprint density at radius 2 is 1.04 bits per heavy atom. The summed E-state index contributed by atoms with van der Waals surface area (Å²) in [6.45, 7) is 14.1. The Labute approximate surface area is 293 Å². The number of carboxylic acids is 2. The zero-order valence-corrected chi connectivity index (χ0v) is 30.5. The minimum atomic E-state index is -2.07. The van der Waals surface area contributed by atoms with Crippen molar-refractivity contribution in [3.05, 3.63) is 0 Å². The van der Waals surface area contributed by atoms with Crippen molar-refractivity contribution < 1.29 is 49.2 Å². The summed E-state index contributed by atoms with van der Waals surface area (Å²) in [6, 6.07) is -1.48. The van der Waals surface area contributed by atoms with E-state index in [0.29, 0.717) is 0 Å². The molecule has 0 saturated carbocycles. The molecule has 16 heteroatoms. The summed E-state index contributed by atoms with van der Waals surface area (Å²) in [5.74, 6) is -4.26. The van der Waals surface area contributed by atoms with Crippen LogP contribution in [-0.2, 0) is 19.2 Å². The molecule has 282 valence electrons. The van der Waals surface area contributed by atoms with E-state index in [9.17, 15) is 49.2 Å². The van der Waals surface area contributed by atoms with Gasteiger partial charge in [-0.15, -0.1) is 0 Å². The lowest BCUT2D eigenvalue weighted by molar-refractivity contribution is -0.323. The van der Waals surface area contributed by atoms with E-state index in [2.05, 4.69) is 21.3 Å². The van der Waals surface area contributed by atoms with E-state index in [1.54, 1.807) is 0 Å². The lowest BCUT2D eigenvalue weighted by atomic mass is 9.70. The van der Waals surface area contributed by atoms with Crippen molar-refractivity contribution in [1.29, 1.82) is 0 Å². The summed E-state index contributed by atoms with van der Waals surface area (Å²) in [4.78, 5) is 79.6. The van der Waals surface area contributed by atoms with Crippen LogP contribution in [0, 0.1) is 5.41 Å². The lowest BCUT2D eigenvalue weighted by Crippen LogP contribution is -2.68. The molecule has 2 atom stereocenters. The molecule has 4 aliphatic rings. The van der Waals surface area contributed by atoms with E-state index in [-0.39, 0.29) is 38.5 Å². The molecule has 6 amide bonds. The van der Waals surface area contributed by atoms with Gasteiger partial charge in [-0.05, 0) is 113 Å². The van der Waals surface area contributed by atoms with Gasteiger partial charge in [0.05, 0.1) is 25.3 Å². The fourth-order valence-corrected chi connectivity index (χ4v) is 9.89. The van der Waals surface area contributed by atoms with E-state index < -0.39 is 119 Å². The second-order valence-corrected chi connectivity index (χ2v) is 17.9. The van der Waals surface area contributed by atoms with Crippen LogP contribution in [0.5, 0.6) is 0 Å². The van der Waals surface area contributed by atoms with Gasteiger partial charge in [0.25, 0.3) is 11.8 Å². The Bertz CT molecular complexity index is 1310. The molecule has 0 bridgehead atoms. The monoisotopic (exact) mass is 706 g/mol. The third-order valence-corrected chi connectivity index (χ3v) is 10.3. The number of imide groups is 2. The smallest absolute Gasteiger partial charge is 0.325 e. The molecule has 4 aliphatic heterocycles. The van der Waals surface area contributed by atoms with Crippen molar-refractivity contribution in [2.75, 3.05) is 13.1 Å². The van der Waals surface area contributed by atoms with E-state index in [0.717, 1.165) is 9.80 Å². The van der Waals surface area contributed by atoms with E-state index >= 15 is 0 Å². The number of carbonyl (C=O) groups excluding carboxylic acids is 6. The van der Waals surface area contributed by atoms with Crippen molar-refractivity contribution in [3.8, 4) is 0 Å². The number of rotatable bonds is 13. The molecule has 0 aromatic heterocycles. The normalized spacial score (nSPS) is 26.8. The maximum Gasteiger partial charge on any atom is 0.325 e. The van der Waals surface area contributed by atoms with Gasteiger partial charge in [0.1, 0.15) is 11.1 Å². The summed E-state index contributed by atoms with van der Waals surface area (Å²) in [7, 11) is 0. The Kier molecular flexibility index (Phi) is 10.3. The second kappa shape index (κ2) is 13.0. The highest BCUT2D eigenvalue weighted by Gasteiger charge is 2.60.